The van der Waals surface area contributed by atoms with E-state index in [1.165, 1.54) is 11.3 Å². The molecular weight excluding hydrogens is 218 g/mol. The van der Waals surface area contributed by atoms with E-state index in [2.05, 4.69) is 18.5 Å². The SMILES string of the molecule is CSCC(C)CNCc1cc(C)ccc1O. The maximum Gasteiger partial charge on any atom is 0.120 e. The second kappa shape index (κ2) is 6.81. The molecule has 0 aliphatic heterocycles. The molecule has 1 rings (SSSR count). The van der Waals surface area contributed by atoms with E-state index in [-0.39, 0.29) is 0 Å². The van der Waals surface area contributed by atoms with Gasteiger partial charge >= 0.3 is 0 Å². The summed E-state index contributed by atoms with van der Waals surface area (Å²) in [5, 5.41) is 13.0. The molecule has 0 aromatic heterocycles. The van der Waals surface area contributed by atoms with Crippen LogP contribution >= 0.6 is 11.8 Å². The molecule has 1 atom stereocenters. The van der Waals surface area contributed by atoms with Crippen molar-refractivity contribution < 1.29 is 5.11 Å². The Kier molecular flexibility index (Phi) is 5.71. The molecule has 90 valence electrons. The summed E-state index contributed by atoms with van der Waals surface area (Å²) in [6.07, 6.45) is 2.13. The van der Waals surface area contributed by atoms with Crippen molar-refractivity contribution in [3.8, 4) is 5.75 Å². The van der Waals surface area contributed by atoms with E-state index in [1.807, 2.05) is 30.8 Å². The Labute approximate surface area is 102 Å². The first-order chi connectivity index (χ1) is 7.63. The number of benzene rings is 1. The lowest BCUT2D eigenvalue weighted by Crippen LogP contribution is -2.22. The van der Waals surface area contributed by atoms with Gasteiger partial charge in [0.15, 0.2) is 0 Å². The van der Waals surface area contributed by atoms with Gasteiger partial charge in [-0.2, -0.15) is 11.8 Å². The smallest absolute Gasteiger partial charge is 0.120 e. The Morgan fingerprint density at radius 3 is 2.88 bits per heavy atom. The molecule has 1 aromatic rings. The molecule has 1 aromatic carbocycles. The van der Waals surface area contributed by atoms with Crippen LogP contribution in [-0.2, 0) is 6.54 Å². The molecule has 3 heteroatoms. The molecule has 0 fully saturated rings. The molecule has 2 N–H and O–H groups in total. The quantitative estimate of drug-likeness (QED) is 0.800. The fourth-order valence-corrected chi connectivity index (χ4v) is 2.34. The summed E-state index contributed by atoms with van der Waals surface area (Å²) in [5.74, 6) is 2.23. The van der Waals surface area contributed by atoms with Gasteiger partial charge in [-0.1, -0.05) is 24.6 Å². The van der Waals surface area contributed by atoms with E-state index >= 15 is 0 Å². The number of phenolic OH excluding ortho intramolecular Hbond substituents is 1. The summed E-state index contributed by atoms with van der Waals surface area (Å²) in [7, 11) is 0. The highest BCUT2D eigenvalue weighted by atomic mass is 32.2. The summed E-state index contributed by atoms with van der Waals surface area (Å²) in [5.41, 5.74) is 2.17. The van der Waals surface area contributed by atoms with Gasteiger partial charge in [0.25, 0.3) is 0 Å². The van der Waals surface area contributed by atoms with Crippen molar-refractivity contribution in [3.05, 3.63) is 29.3 Å². The summed E-state index contributed by atoms with van der Waals surface area (Å²) in [6.45, 7) is 6.01. The first-order valence-electron chi connectivity index (χ1n) is 5.61. The minimum absolute atomic E-state index is 0.385. The van der Waals surface area contributed by atoms with Gasteiger partial charge in [-0.15, -0.1) is 0 Å². The predicted molar refractivity (Wildman–Crippen MR) is 72.1 cm³/mol. The number of aryl methyl sites for hydroxylation is 1. The zero-order chi connectivity index (χ0) is 12.0. The minimum Gasteiger partial charge on any atom is -0.508 e. The molecule has 1 unspecified atom stereocenters. The molecule has 0 heterocycles. The lowest BCUT2D eigenvalue weighted by atomic mass is 10.1. The van der Waals surface area contributed by atoms with Crippen LogP contribution in [0.2, 0.25) is 0 Å². The van der Waals surface area contributed by atoms with Crippen LogP contribution in [-0.4, -0.2) is 23.7 Å². The Hall–Kier alpha value is -0.670. The van der Waals surface area contributed by atoms with Crippen molar-refractivity contribution in [2.45, 2.75) is 20.4 Å². The van der Waals surface area contributed by atoms with Crippen LogP contribution in [0.25, 0.3) is 0 Å². The molecule has 0 radical (unpaired) electrons. The lowest BCUT2D eigenvalue weighted by molar-refractivity contribution is 0.461. The van der Waals surface area contributed by atoms with Crippen LogP contribution in [0.1, 0.15) is 18.1 Å². The summed E-state index contributed by atoms with van der Waals surface area (Å²) >= 11 is 1.87. The van der Waals surface area contributed by atoms with Gasteiger partial charge < -0.3 is 10.4 Å². The molecule has 16 heavy (non-hydrogen) atoms. The zero-order valence-corrected chi connectivity index (χ0v) is 11.1. The Bertz CT molecular complexity index is 328. The van der Waals surface area contributed by atoms with Crippen molar-refractivity contribution in [1.29, 1.82) is 0 Å². The van der Waals surface area contributed by atoms with Crippen molar-refractivity contribution >= 4 is 11.8 Å². The van der Waals surface area contributed by atoms with Crippen molar-refractivity contribution in [3.63, 3.8) is 0 Å². The lowest BCUT2D eigenvalue weighted by Gasteiger charge is -2.12. The largest absolute Gasteiger partial charge is 0.508 e. The average Bonchev–Trinajstić information content (AvgIpc) is 2.23. The van der Waals surface area contributed by atoms with E-state index in [9.17, 15) is 5.11 Å². The maximum absolute atomic E-state index is 9.66. The van der Waals surface area contributed by atoms with Crippen LogP contribution in [0.3, 0.4) is 0 Å². The number of hydrogen-bond donors (Lipinski definition) is 2. The van der Waals surface area contributed by atoms with Gasteiger partial charge in [0.1, 0.15) is 5.75 Å². The van der Waals surface area contributed by atoms with Crippen molar-refractivity contribution in [1.82, 2.24) is 5.32 Å². The molecule has 0 saturated heterocycles. The standard InChI is InChI=1S/C13H21NOS/c1-10-4-5-13(15)12(6-10)8-14-7-11(2)9-16-3/h4-6,11,14-15H,7-9H2,1-3H3. The summed E-state index contributed by atoms with van der Waals surface area (Å²) < 4.78 is 0. The predicted octanol–water partition coefficient (Wildman–Crippen LogP) is 2.79. The van der Waals surface area contributed by atoms with Crippen LogP contribution < -0.4 is 5.32 Å². The fourth-order valence-electron chi connectivity index (χ4n) is 1.65. The third-order valence-corrected chi connectivity index (χ3v) is 3.40. The van der Waals surface area contributed by atoms with Gasteiger partial charge in [0.2, 0.25) is 0 Å². The average molecular weight is 239 g/mol. The second-order valence-electron chi connectivity index (χ2n) is 4.32. The molecular formula is C13H21NOS. The van der Waals surface area contributed by atoms with Crippen LogP contribution in [0.4, 0.5) is 0 Å². The van der Waals surface area contributed by atoms with Gasteiger partial charge in [-0.25, -0.2) is 0 Å². The van der Waals surface area contributed by atoms with Crippen LogP contribution in [0.5, 0.6) is 5.75 Å². The molecule has 0 aliphatic carbocycles. The van der Waals surface area contributed by atoms with Gasteiger partial charge in [-0.05, 0) is 37.5 Å². The Balaban J connectivity index is 2.39. The van der Waals surface area contributed by atoms with Crippen molar-refractivity contribution in [2.24, 2.45) is 5.92 Å². The molecule has 0 bridgehead atoms. The number of phenols is 1. The number of thioether (sulfide) groups is 1. The minimum atomic E-state index is 0.385. The maximum atomic E-state index is 9.66. The Morgan fingerprint density at radius 1 is 1.44 bits per heavy atom. The number of nitrogens with one attached hydrogen (secondary N) is 1. The topological polar surface area (TPSA) is 32.3 Å². The highest BCUT2D eigenvalue weighted by Gasteiger charge is 2.03. The second-order valence-corrected chi connectivity index (χ2v) is 5.23. The third kappa shape index (κ3) is 4.45. The summed E-state index contributed by atoms with van der Waals surface area (Å²) in [4.78, 5) is 0. The third-order valence-electron chi connectivity index (χ3n) is 2.49. The number of aromatic hydroxyl groups is 1. The Morgan fingerprint density at radius 2 is 2.19 bits per heavy atom. The molecule has 0 spiro atoms. The first-order valence-corrected chi connectivity index (χ1v) is 7.01. The molecule has 0 saturated carbocycles. The number of hydrogen-bond acceptors (Lipinski definition) is 3. The van der Waals surface area contributed by atoms with Gasteiger partial charge in [-0.3, -0.25) is 0 Å². The normalized spacial score (nSPS) is 12.7. The zero-order valence-electron chi connectivity index (χ0n) is 10.3. The molecule has 0 aliphatic rings. The monoisotopic (exact) mass is 239 g/mol. The summed E-state index contributed by atoms with van der Waals surface area (Å²) in [6, 6.07) is 5.72. The fraction of sp³-hybridized carbons (Fsp3) is 0.538. The highest BCUT2D eigenvalue weighted by molar-refractivity contribution is 7.98. The highest BCUT2D eigenvalue weighted by Crippen LogP contribution is 2.17. The van der Waals surface area contributed by atoms with Gasteiger partial charge in [0.05, 0.1) is 0 Å². The van der Waals surface area contributed by atoms with E-state index in [4.69, 9.17) is 0 Å². The van der Waals surface area contributed by atoms with Gasteiger partial charge in [0, 0.05) is 12.1 Å². The first kappa shape index (κ1) is 13.4. The van der Waals surface area contributed by atoms with E-state index in [1.54, 1.807) is 6.07 Å². The molecule has 0 amide bonds. The van der Waals surface area contributed by atoms with Crippen molar-refractivity contribution in [2.75, 3.05) is 18.6 Å². The number of rotatable bonds is 6. The van der Waals surface area contributed by atoms with E-state index < -0.39 is 0 Å². The van der Waals surface area contributed by atoms with Crippen LogP contribution in [0.15, 0.2) is 18.2 Å². The van der Waals surface area contributed by atoms with E-state index in [0.29, 0.717) is 11.7 Å². The van der Waals surface area contributed by atoms with E-state index in [0.717, 1.165) is 18.7 Å². The molecule has 2 nitrogen and oxygen atoms in total. The van der Waals surface area contributed by atoms with Crippen LogP contribution in [0, 0.1) is 12.8 Å².